The Morgan fingerprint density at radius 2 is 2.21 bits per heavy atom. The first-order valence-corrected chi connectivity index (χ1v) is 8.74. The molecule has 4 atom stereocenters. The van der Waals surface area contributed by atoms with Crippen molar-refractivity contribution in [2.45, 2.75) is 49.2 Å². The summed E-state index contributed by atoms with van der Waals surface area (Å²) in [5, 5.41) is 10.2. The van der Waals surface area contributed by atoms with Crippen LogP contribution >= 0.6 is 0 Å². The zero-order valence-electron chi connectivity index (χ0n) is 13.5. The SMILES string of the molecule is C=CCN1CCC23c4c5ccc(O)c4O[C@@H]2C(F)(F)CCC3[C@@H]1C5. The van der Waals surface area contributed by atoms with Gasteiger partial charge in [0, 0.05) is 30.0 Å². The number of halogens is 2. The Kier molecular flexibility index (Phi) is 2.76. The van der Waals surface area contributed by atoms with Gasteiger partial charge in [0.25, 0.3) is 5.92 Å². The Labute approximate surface area is 139 Å². The topological polar surface area (TPSA) is 32.7 Å². The Morgan fingerprint density at radius 1 is 1.38 bits per heavy atom. The number of hydrogen-bond acceptors (Lipinski definition) is 3. The second kappa shape index (κ2) is 4.51. The molecule has 0 aromatic heterocycles. The van der Waals surface area contributed by atoms with Gasteiger partial charge in [0.05, 0.1) is 0 Å². The molecule has 0 amide bonds. The van der Waals surface area contributed by atoms with Crippen LogP contribution in [0.2, 0.25) is 0 Å². The van der Waals surface area contributed by atoms with Crippen LogP contribution in [0.4, 0.5) is 8.78 Å². The smallest absolute Gasteiger partial charge is 0.285 e. The number of nitrogens with zero attached hydrogens (tertiary/aromatic N) is 1. The first-order chi connectivity index (χ1) is 11.5. The van der Waals surface area contributed by atoms with Gasteiger partial charge >= 0.3 is 0 Å². The van der Waals surface area contributed by atoms with Crippen LogP contribution in [0, 0.1) is 5.92 Å². The summed E-state index contributed by atoms with van der Waals surface area (Å²) in [4.78, 5) is 2.39. The molecule has 2 unspecified atom stereocenters. The summed E-state index contributed by atoms with van der Waals surface area (Å²) >= 11 is 0. The van der Waals surface area contributed by atoms with E-state index in [-0.39, 0.29) is 24.1 Å². The second-order valence-electron chi connectivity index (χ2n) is 7.70. The van der Waals surface area contributed by atoms with E-state index in [1.807, 2.05) is 12.1 Å². The fourth-order valence-electron chi connectivity index (χ4n) is 5.96. The van der Waals surface area contributed by atoms with Crippen molar-refractivity contribution in [1.82, 2.24) is 4.90 Å². The lowest BCUT2D eigenvalue weighted by Crippen LogP contribution is -2.68. The largest absolute Gasteiger partial charge is 0.504 e. The monoisotopic (exact) mass is 333 g/mol. The maximum absolute atomic E-state index is 14.8. The molecule has 2 aliphatic carbocycles. The van der Waals surface area contributed by atoms with Crippen LogP contribution in [-0.2, 0) is 11.8 Å². The molecule has 1 aromatic carbocycles. The van der Waals surface area contributed by atoms with E-state index in [2.05, 4.69) is 11.5 Å². The highest BCUT2D eigenvalue weighted by molar-refractivity contribution is 5.61. The molecule has 5 heteroatoms. The van der Waals surface area contributed by atoms with Crippen molar-refractivity contribution >= 4 is 0 Å². The number of benzene rings is 1. The zero-order chi connectivity index (χ0) is 16.7. The van der Waals surface area contributed by atoms with Gasteiger partial charge in [-0.3, -0.25) is 4.90 Å². The van der Waals surface area contributed by atoms with Crippen LogP contribution in [0.15, 0.2) is 24.8 Å². The first kappa shape index (κ1) is 14.7. The summed E-state index contributed by atoms with van der Waals surface area (Å²) in [5.74, 6) is -2.37. The molecule has 4 aliphatic rings. The molecular weight excluding hydrogens is 312 g/mol. The van der Waals surface area contributed by atoms with Crippen LogP contribution in [0.25, 0.3) is 0 Å². The van der Waals surface area contributed by atoms with Gasteiger partial charge in [-0.15, -0.1) is 6.58 Å². The average Bonchev–Trinajstić information content (AvgIpc) is 2.90. The lowest BCUT2D eigenvalue weighted by Gasteiger charge is -2.59. The summed E-state index contributed by atoms with van der Waals surface area (Å²) in [6, 6.07) is 3.74. The fourth-order valence-corrected chi connectivity index (χ4v) is 5.96. The molecular formula is C19H21F2NO2. The number of ether oxygens (including phenoxy) is 1. The average molecular weight is 333 g/mol. The number of hydrogen-bond donors (Lipinski definition) is 1. The zero-order valence-corrected chi connectivity index (χ0v) is 13.5. The van der Waals surface area contributed by atoms with Crippen molar-refractivity contribution in [2.75, 3.05) is 13.1 Å². The maximum atomic E-state index is 14.8. The van der Waals surface area contributed by atoms with Crippen LogP contribution in [0.1, 0.15) is 30.4 Å². The van der Waals surface area contributed by atoms with Gasteiger partial charge in [-0.2, -0.15) is 0 Å². The standard InChI is InChI=1S/C19H21F2NO2/c1-2-8-22-9-7-18-12-5-6-19(20,21)17(18)24-16-14(23)4-3-11(15(16)18)10-13(12)22/h2-4,12-13,17,23H,1,5-10H2/t12?,13-,17-,18?/m0/s1. The number of likely N-dealkylation sites (tertiary alicyclic amines) is 1. The predicted molar refractivity (Wildman–Crippen MR) is 85.8 cm³/mol. The Bertz CT molecular complexity index is 734. The van der Waals surface area contributed by atoms with Crippen molar-refractivity contribution in [1.29, 1.82) is 0 Å². The maximum Gasteiger partial charge on any atom is 0.285 e. The Balaban J connectivity index is 1.74. The summed E-state index contributed by atoms with van der Waals surface area (Å²) < 4.78 is 35.3. The number of piperidine rings is 1. The van der Waals surface area contributed by atoms with Gasteiger partial charge in [0.2, 0.25) is 0 Å². The van der Waals surface area contributed by atoms with E-state index >= 15 is 0 Å². The molecule has 3 nitrogen and oxygen atoms in total. The van der Waals surface area contributed by atoms with E-state index < -0.39 is 17.4 Å². The molecule has 2 heterocycles. The Hall–Kier alpha value is -1.62. The van der Waals surface area contributed by atoms with Gasteiger partial charge in [-0.25, -0.2) is 8.78 Å². The second-order valence-corrected chi connectivity index (χ2v) is 7.70. The molecule has 1 saturated carbocycles. The number of alkyl halides is 2. The number of phenols is 1. The van der Waals surface area contributed by atoms with Crippen LogP contribution < -0.4 is 4.74 Å². The summed E-state index contributed by atoms with van der Waals surface area (Å²) in [5.41, 5.74) is 1.30. The molecule has 2 fully saturated rings. The molecule has 1 N–H and O–H groups in total. The third kappa shape index (κ3) is 1.55. The molecule has 2 bridgehead atoms. The van der Waals surface area contributed by atoms with Crippen molar-refractivity contribution in [3.8, 4) is 11.5 Å². The van der Waals surface area contributed by atoms with Gasteiger partial charge in [-0.1, -0.05) is 12.1 Å². The number of aromatic hydroxyl groups is 1. The minimum Gasteiger partial charge on any atom is -0.504 e. The third-order valence-electron chi connectivity index (χ3n) is 6.76. The molecule has 2 aliphatic heterocycles. The van der Waals surface area contributed by atoms with Crippen molar-refractivity contribution in [3.63, 3.8) is 0 Å². The van der Waals surface area contributed by atoms with E-state index in [9.17, 15) is 13.9 Å². The number of phenolic OH excluding ortho intramolecular Hbond substituents is 1. The van der Waals surface area contributed by atoms with E-state index in [1.165, 1.54) is 0 Å². The van der Waals surface area contributed by atoms with Crippen LogP contribution in [0.3, 0.4) is 0 Å². The van der Waals surface area contributed by atoms with E-state index in [4.69, 9.17) is 4.74 Å². The third-order valence-corrected chi connectivity index (χ3v) is 6.76. The minimum atomic E-state index is -2.85. The van der Waals surface area contributed by atoms with Gasteiger partial charge in [0.15, 0.2) is 17.6 Å². The quantitative estimate of drug-likeness (QED) is 0.844. The Morgan fingerprint density at radius 3 is 3.00 bits per heavy atom. The van der Waals surface area contributed by atoms with Gasteiger partial charge in [0.1, 0.15) is 0 Å². The van der Waals surface area contributed by atoms with Crippen LogP contribution in [-0.4, -0.2) is 41.2 Å². The van der Waals surface area contributed by atoms with Gasteiger partial charge < -0.3 is 9.84 Å². The predicted octanol–water partition coefficient (Wildman–Crippen LogP) is 3.25. The van der Waals surface area contributed by atoms with Crippen molar-refractivity contribution < 1.29 is 18.6 Å². The number of rotatable bonds is 2. The summed E-state index contributed by atoms with van der Waals surface area (Å²) in [6.45, 7) is 5.41. The minimum absolute atomic E-state index is 0.000883. The molecule has 128 valence electrons. The molecule has 1 spiro atoms. The highest BCUT2D eigenvalue weighted by Gasteiger charge is 2.70. The van der Waals surface area contributed by atoms with Gasteiger partial charge in [-0.05, 0) is 43.4 Å². The van der Waals surface area contributed by atoms with E-state index in [1.54, 1.807) is 6.07 Å². The lowest BCUT2D eigenvalue weighted by molar-refractivity contribution is -0.181. The van der Waals surface area contributed by atoms with Crippen LogP contribution in [0.5, 0.6) is 11.5 Å². The summed E-state index contributed by atoms with van der Waals surface area (Å²) in [7, 11) is 0. The molecule has 1 saturated heterocycles. The lowest BCUT2D eigenvalue weighted by atomic mass is 9.51. The normalized spacial score (nSPS) is 38.3. The molecule has 0 radical (unpaired) electrons. The molecule has 24 heavy (non-hydrogen) atoms. The van der Waals surface area contributed by atoms with Crippen molar-refractivity contribution in [3.05, 3.63) is 35.9 Å². The highest BCUT2D eigenvalue weighted by Crippen LogP contribution is 2.66. The fraction of sp³-hybridized carbons (Fsp3) is 0.579. The first-order valence-electron chi connectivity index (χ1n) is 8.74. The highest BCUT2D eigenvalue weighted by atomic mass is 19.3. The molecule has 1 aromatic rings. The molecule has 5 rings (SSSR count). The van der Waals surface area contributed by atoms with E-state index in [0.717, 1.165) is 30.6 Å². The van der Waals surface area contributed by atoms with Crippen molar-refractivity contribution in [2.24, 2.45) is 5.92 Å². The summed E-state index contributed by atoms with van der Waals surface area (Å²) in [6.07, 6.45) is 2.64. The van der Waals surface area contributed by atoms with E-state index in [0.29, 0.717) is 18.6 Å².